The van der Waals surface area contributed by atoms with Crippen LogP contribution < -0.4 is 0 Å². The second kappa shape index (κ2) is 3.76. The first-order chi connectivity index (χ1) is 3.72. The van der Waals surface area contributed by atoms with Crippen molar-refractivity contribution in [3.63, 3.8) is 0 Å². The molecule has 1 heterocycles. The zero-order valence-electron chi connectivity index (χ0n) is 4.41. The van der Waals surface area contributed by atoms with Gasteiger partial charge in [0.1, 0.15) is 0 Å². The fraction of sp³-hybridized carbons (Fsp3) is 0.500. The van der Waals surface area contributed by atoms with Crippen molar-refractivity contribution in [2.45, 2.75) is 12.8 Å². The number of nitrogens with zero attached hydrogens (tertiary/aromatic N) is 1. The summed E-state index contributed by atoms with van der Waals surface area (Å²) in [5.74, 6) is -0.590. The Balaban J connectivity index is 0.000000640. The molecule has 1 rings (SSSR count). The standard InChI is InChI=1S/C4H4ClNO2.Ar/c5-6-3(7)1-2-4(6)8;/h1-2H2;. The molecule has 0 aromatic carbocycles. The SMILES string of the molecule is O=C1CCC(=O)N1Cl.[Ar]. The molecule has 52 valence electrons. The van der Waals surface area contributed by atoms with Crippen molar-refractivity contribution in [2.24, 2.45) is 0 Å². The van der Waals surface area contributed by atoms with Crippen molar-refractivity contribution >= 4 is 23.6 Å². The molecule has 1 fully saturated rings. The van der Waals surface area contributed by atoms with E-state index in [1.807, 2.05) is 0 Å². The molecule has 3 nitrogen and oxygen atoms in total. The third-order valence-electron chi connectivity index (χ3n) is 0.991. The maximum absolute atomic E-state index is 10.4. The molecule has 1 aliphatic rings. The summed E-state index contributed by atoms with van der Waals surface area (Å²) in [4.78, 5) is 20.7. The molecule has 0 saturated carbocycles. The minimum Gasteiger partial charge on any atom is -0.273 e. The van der Waals surface area contributed by atoms with Gasteiger partial charge in [-0.3, -0.25) is 9.59 Å². The van der Waals surface area contributed by atoms with Gasteiger partial charge in [-0.2, -0.15) is 4.42 Å². The van der Waals surface area contributed by atoms with Gasteiger partial charge in [0.15, 0.2) is 0 Å². The van der Waals surface area contributed by atoms with E-state index in [-0.39, 0.29) is 62.4 Å². The van der Waals surface area contributed by atoms with E-state index in [2.05, 4.69) is 0 Å². The first kappa shape index (κ1) is 9.69. The number of hydrogen-bond acceptors (Lipinski definition) is 2. The van der Waals surface area contributed by atoms with E-state index in [1.54, 1.807) is 0 Å². The topological polar surface area (TPSA) is 37.4 Å². The van der Waals surface area contributed by atoms with Gasteiger partial charge in [0.25, 0.3) is 0 Å². The Bertz CT molecular complexity index is 134. The van der Waals surface area contributed by atoms with Crippen LogP contribution in [-0.4, -0.2) is 16.2 Å². The van der Waals surface area contributed by atoms with Gasteiger partial charge < -0.3 is 0 Å². The van der Waals surface area contributed by atoms with Gasteiger partial charge in [-0.25, -0.2) is 0 Å². The Kier molecular flexibility index (Phi) is 4.05. The van der Waals surface area contributed by atoms with Crippen LogP contribution in [0.5, 0.6) is 0 Å². The van der Waals surface area contributed by atoms with Crippen molar-refractivity contribution in [2.75, 3.05) is 0 Å². The molecule has 0 bridgehead atoms. The Hall–Kier alpha value is 0.690. The van der Waals surface area contributed by atoms with Crippen LogP contribution in [0.1, 0.15) is 12.8 Å². The molecule has 0 atom stereocenters. The summed E-state index contributed by atoms with van der Waals surface area (Å²) in [6.45, 7) is 0. The number of carbonyl (C=O) groups is 2. The van der Waals surface area contributed by atoms with Gasteiger partial charge in [-0.05, 0) is 0 Å². The van der Waals surface area contributed by atoms with Crippen LogP contribution in [0, 0.1) is 37.7 Å². The minimum atomic E-state index is -0.295. The molecule has 0 radical (unpaired) electrons. The predicted octanol–water partition coefficient (Wildman–Crippen LogP) is 0.289. The first-order valence-electron chi connectivity index (χ1n) is 2.23. The van der Waals surface area contributed by atoms with Crippen molar-refractivity contribution in [1.82, 2.24) is 4.42 Å². The fourth-order valence-corrected chi connectivity index (χ4v) is 0.718. The molecule has 0 aliphatic carbocycles. The van der Waals surface area contributed by atoms with E-state index >= 15 is 0 Å². The van der Waals surface area contributed by atoms with Crippen molar-refractivity contribution < 1.29 is 47.3 Å². The van der Waals surface area contributed by atoms with Crippen LogP contribution in [0.25, 0.3) is 0 Å². The fourth-order valence-electron chi connectivity index (χ4n) is 0.549. The number of amides is 2. The second-order valence-electron chi connectivity index (χ2n) is 1.57. The van der Waals surface area contributed by atoms with Crippen LogP contribution >= 0.6 is 11.8 Å². The van der Waals surface area contributed by atoms with Gasteiger partial charge in [0, 0.05) is 62.4 Å². The normalized spacial score (nSPS) is 18.1. The number of carbonyl (C=O) groups excluding carboxylic acids is 2. The van der Waals surface area contributed by atoms with Crippen molar-refractivity contribution in [3.05, 3.63) is 0 Å². The molecule has 0 spiro atoms. The summed E-state index contributed by atoms with van der Waals surface area (Å²) < 4.78 is 0.639. The van der Waals surface area contributed by atoms with E-state index in [4.69, 9.17) is 11.8 Å². The third-order valence-corrected chi connectivity index (χ3v) is 1.37. The molecule has 1 saturated heterocycles. The number of hydrogen-bond donors (Lipinski definition) is 0. The van der Waals surface area contributed by atoms with Gasteiger partial charge in [-0.1, -0.05) is 0 Å². The van der Waals surface area contributed by atoms with Gasteiger partial charge in [0.05, 0.1) is 0 Å². The van der Waals surface area contributed by atoms with E-state index in [0.29, 0.717) is 4.42 Å². The second-order valence-corrected chi connectivity index (χ2v) is 1.91. The average Bonchev–Trinajstić information content (AvgIpc) is 1.98. The van der Waals surface area contributed by atoms with Crippen LogP contribution in [0.15, 0.2) is 0 Å². The largest absolute Gasteiger partial charge is 0.273 e. The Morgan fingerprint density at radius 1 is 1.22 bits per heavy atom. The quantitative estimate of drug-likeness (QED) is 0.390. The Labute approximate surface area is 87.4 Å². The molecule has 9 heavy (non-hydrogen) atoms. The molecular formula is C4H4ArClNO2. The van der Waals surface area contributed by atoms with Crippen LogP contribution in [-0.2, 0) is 9.59 Å². The molecule has 0 aromatic heterocycles. The van der Waals surface area contributed by atoms with Crippen LogP contribution in [0.3, 0.4) is 0 Å². The van der Waals surface area contributed by atoms with Gasteiger partial charge >= 0.3 is 0 Å². The smallest absolute Gasteiger partial charge is 0.244 e. The van der Waals surface area contributed by atoms with Gasteiger partial charge in [-0.15, -0.1) is 0 Å². The molecule has 2 amide bonds. The Morgan fingerprint density at radius 2 is 1.56 bits per heavy atom. The molecule has 1 aliphatic heterocycles. The first-order valence-corrected chi connectivity index (χ1v) is 2.57. The van der Waals surface area contributed by atoms with E-state index in [0.717, 1.165) is 0 Å². The summed E-state index contributed by atoms with van der Waals surface area (Å²) in [6, 6.07) is 0. The van der Waals surface area contributed by atoms with Crippen LogP contribution in [0.2, 0.25) is 0 Å². The monoisotopic (exact) mass is 173 g/mol. The summed E-state index contributed by atoms with van der Waals surface area (Å²) in [5.41, 5.74) is 0. The summed E-state index contributed by atoms with van der Waals surface area (Å²) in [6.07, 6.45) is 0.532. The number of halogens is 1. The average molecular weight is 173 g/mol. The zero-order valence-corrected chi connectivity index (χ0v) is 5.87. The number of imide groups is 1. The predicted molar refractivity (Wildman–Crippen MR) is 26.9 cm³/mol. The molecule has 0 unspecified atom stereocenters. The summed E-state index contributed by atoms with van der Waals surface area (Å²) in [5, 5.41) is 0. The Morgan fingerprint density at radius 3 is 1.67 bits per heavy atom. The molecule has 0 aromatic rings. The molecule has 5 heteroatoms. The van der Waals surface area contributed by atoms with E-state index in [1.165, 1.54) is 0 Å². The van der Waals surface area contributed by atoms with Crippen molar-refractivity contribution in [1.29, 1.82) is 0 Å². The van der Waals surface area contributed by atoms with E-state index in [9.17, 15) is 9.59 Å². The summed E-state index contributed by atoms with van der Waals surface area (Å²) in [7, 11) is 0. The molecular weight excluding hydrogens is 169 g/mol. The summed E-state index contributed by atoms with van der Waals surface area (Å²) >= 11 is 5.15. The van der Waals surface area contributed by atoms with Gasteiger partial charge in [0.2, 0.25) is 11.8 Å². The zero-order chi connectivity index (χ0) is 6.15. The minimum absolute atomic E-state index is 0. The third kappa shape index (κ3) is 2.08. The van der Waals surface area contributed by atoms with Crippen LogP contribution in [0.4, 0.5) is 0 Å². The molecule has 0 N–H and O–H groups in total. The van der Waals surface area contributed by atoms with E-state index < -0.39 is 0 Å². The van der Waals surface area contributed by atoms with Crippen molar-refractivity contribution in [3.8, 4) is 0 Å². The maximum atomic E-state index is 10.4. The maximum Gasteiger partial charge on any atom is 0.244 e. The number of rotatable bonds is 0.